The van der Waals surface area contributed by atoms with Gasteiger partial charge in [0.2, 0.25) is 0 Å². The van der Waals surface area contributed by atoms with E-state index in [0.717, 1.165) is 5.92 Å². The van der Waals surface area contributed by atoms with Gasteiger partial charge in [-0.1, -0.05) is 91.9 Å². The third-order valence-electron chi connectivity index (χ3n) is 7.70. The van der Waals surface area contributed by atoms with Crippen molar-refractivity contribution in [1.29, 1.82) is 0 Å². The molecule has 0 bridgehead atoms. The van der Waals surface area contributed by atoms with Crippen molar-refractivity contribution in [2.24, 2.45) is 5.92 Å². The summed E-state index contributed by atoms with van der Waals surface area (Å²) in [5.74, 6) is 0.786. The van der Waals surface area contributed by atoms with E-state index in [-0.39, 0.29) is 0 Å². The molecule has 0 fully saturated rings. The van der Waals surface area contributed by atoms with Crippen LogP contribution in [0.15, 0.2) is 84.9 Å². The summed E-state index contributed by atoms with van der Waals surface area (Å²) in [6.45, 7) is 7.08. The molecule has 0 radical (unpaired) electrons. The minimum atomic E-state index is 0.786. The van der Waals surface area contributed by atoms with Gasteiger partial charge in [-0.15, -0.1) is 0 Å². The Hall–Kier alpha value is -3.38. The fourth-order valence-electron chi connectivity index (χ4n) is 6.20. The molecule has 162 valence electrons. The zero-order chi connectivity index (χ0) is 22.5. The zero-order valence-electron chi connectivity index (χ0n) is 19.8. The molecule has 0 amide bonds. The third kappa shape index (κ3) is 3.20. The van der Waals surface area contributed by atoms with E-state index in [0.29, 0.717) is 0 Å². The van der Waals surface area contributed by atoms with E-state index in [1.807, 2.05) is 0 Å². The molecule has 0 N–H and O–H groups in total. The molecular weight excluding hydrogens is 396 g/mol. The first-order valence-corrected chi connectivity index (χ1v) is 12.2. The molecule has 5 aromatic carbocycles. The SMILES string of the molecule is Cc1cc2c(c(C)c1-c1c3ccccc3c(-c3ccccc3)c3ccccc13)CCC(C)C2. The molecule has 0 spiro atoms. The maximum absolute atomic E-state index is 2.49. The Bertz CT molecular complexity index is 1450. The van der Waals surface area contributed by atoms with Gasteiger partial charge in [0.25, 0.3) is 0 Å². The molecule has 0 nitrogen and oxygen atoms in total. The lowest BCUT2D eigenvalue weighted by Gasteiger charge is -2.27. The van der Waals surface area contributed by atoms with E-state index in [2.05, 4.69) is 106 Å². The molecular formula is C33H30. The van der Waals surface area contributed by atoms with Crippen molar-refractivity contribution in [3.05, 3.63) is 107 Å². The van der Waals surface area contributed by atoms with Gasteiger partial charge >= 0.3 is 0 Å². The molecule has 1 aliphatic rings. The van der Waals surface area contributed by atoms with Gasteiger partial charge in [-0.3, -0.25) is 0 Å². The van der Waals surface area contributed by atoms with Crippen molar-refractivity contribution in [1.82, 2.24) is 0 Å². The van der Waals surface area contributed by atoms with E-state index in [1.165, 1.54) is 74.2 Å². The molecule has 1 aliphatic carbocycles. The normalized spacial score (nSPS) is 15.7. The second-order valence-corrected chi connectivity index (χ2v) is 9.89. The fraction of sp³-hybridized carbons (Fsp3) is 0.212. The summed E-state index contributed by atoms with van der Waals surface area (Å²) >= 11 is 0. The van der Waals surface area contributed by atoms with Gasteiger partial charge in [-0.2, -0.15) is 0 Å². The van der Waals surface area contributed by atoms with Crippen LogP contribution in [-0.2, 0) is 12.8 Å². The van der Waals surface area contributed by atoms with Crippen LogP contribution in [0, 0.1) is 19.8 Å². The Morgan fingerprint density at radius 1 is 0.636 bits per heavy atom. The summed E-state index contributed by atoms with van der Waals surface area (Å²) in [6.07, 6.45) is 3.71. The zero-order valence-corrected chi connectivity index (χ0v) is 19.8. The number of rotatable bonds is 2. The Morgan fingerprint density at radius 3 is 1.79 bits per heavy atom. The second kappa shape index (κ2) is 7.89. The van der Waals surface area contributed by atoms with Crippen molar-refractivity contribution in [2.45, 2.75) is 40.0 Å². The van der Waals surface area contributed by atoms with Gasteiger partial charge in [0, 0.05) is 0 Å². The number of hydrogen-bond donors (Lipinski definition) is 0. The summed E-state index contributed by atoms with van der Waals surface area (Å²) in [4.78, 5) is 0. The summed E-state index contributed by atoms with van der Waals surface area (Å²) in [7, 11) is 0. The van der Waals surface area contributed by atoms with Crippen LogP contribution < -0.4 is 0 Å². The Kier molecular flexibility index (Phi) is 4.84. The van der Waals surface area contributed by atoms with Crippen LogP contribution in [0.2, 0.25) is 0 Å². The maximum atomic E-state index is 2.49. The molecule has 1 unspecified atom stereocenters. The first kappa shape index (κ1) is 20.2. The standard InChI is InChI=1S/C33H30/c1-21-17-18-26-23(3)31(22(2)20-25(26)19-21)33-29-15-9-7-13-27(29)32(24-11-5-4-6-12-24)28-14-8-10-16-30(28)33/h4-16,20-21H,17-19H2,1-3H3. The summed E-state index contributed by atoms with van der Waals surface area (Å²) < 4.78 is 0. The van der Waals surface area contributed by atoms with Crippen LogP contribution in [0.1, 0.15) is 35.6 Å². The van der Waals surface area contributed by atoms with Gasteiger partial charge in [-0.25, -0.2) is 0 Å². The lowest BCUT2D eigenvalue weighted by molar-refractivity contribution is 0.500. The van der Waals surface area contributed by atoms with E-state index in [4.69, 9.17) is 0 Å². The Balaban J connectivity index is 1.76. The maximum Gasteiger partial charge on any atom is -0.00209 e. The molecule has 0 heteroatoms. The first-order valence-electron chi connectivity index (χ1n) is 12.2. The number of benzene rings is 5. The number of hydrogen-bond acceptors (Lipinski definition) is 0. The highest BCUT2D eigenvalue weighted by molar-refractivity contribution is 6.21. The van der Waals surface area contributed by atoms with Gasteiger partial charge < -0.3 is 0 Å². The lowest BCUT2D eigenvalue weighted by atomic mass is 9.77. The van der Waals surface area contributed by atoms with Crippen LogP contribution in [0.25, 0.3) is 43.8 Å². The minimum absolute atomic E-state index is 0.786. The second-order valence-electron chi connectivity index (χ2n) is 9.89. The van der Waals surface area contributed by atoms with E-state index < -0.39 is 0 Å². The molecule has 0 aromatic heterocycles. The molecule has 0 aliphatic heterocycles. The summed E-state index contributed by atoms with van der Waals surface area (Å²) in [6, 6.07) is 31.4. The van der Waals surface area contributed by atoms with Gasteiger partial charge in [-0.05, 0) is 105 Å². The van der Waals surface area contributed by atoms with Gasteiger partial charge in [0.15, 0.2) is 0 Å². The largest absolute Gasteiger partial charge is 0.0622 e. The highest BCUT2D eigenvalue weighted by atomic mass is 14.3. The molecule has 33 heavy (non-hydrogen) atoms. The van der Waals surface area contributed by atoms with Crippen molar-refractivity contribution in [2.75, 3.05) is 0 Å². The van der Waals surface area contributed by atoms with Crippen molar-refractivity contribution in [3.63, 3.8) is 0 Å². The van der Waals surface area contributed by atoms with Crippen LogP contribution in [0.3, 0.4) is 0 Å². The monoisotopic (exact) mass is 426 g/mol. The van der Waals surface area contributed by atoms with Crippen molar-refractivity contribution >= 4 is 21.5 Å². The average molecular weight is 427 g/mol. The lowest BCUT2D eigenvalue weighted by Crippen LogP contribution is -2.14. The number of fused-ring (bicyclic) bond motifs is 3. The molecule has 0 saturated heterocycles. The van der Waals surface area contributed by atoms with Crippen molar-refractivity contribution < 1.29 is 0 Å². The first-order chi connectivity index (χ1) is 16.1. The predicted octanol–water partition coefficient (Wildman–Crippen LogP) is 9.07. The van der Waals surface area contributed by atoms with Crippen LogP contribution in [0.4, 0.5) is 0 Å². The molecule has 0 saturated carbocycles. The van der Waals surface area contributed by atoms with E-state index in [1.54, 1.807) is 11.1 Å². The van der Waals surface area contributed by atoms with Crippen LogP contribution in [0.5, 0.6) is 0 Å². The Labute approximate surface area is 196 Å². The minimum Gasteiger partial charge on any atom is -0.0622 e. The highest BCUT2D eigenvalue weighted by Gasteiger charge is 2.23. The van der Waals surface area contributed by atoms with E-state index in [9.17, 15) is 0 Å². The van der Waals surface area contributed by atoms with Crippen LogP contribution >= 0.6 is 0 Å². The Morgan fingerprint density at radius 2 is 1.18 bits per heavy atom. The quantitative estimate of drug-likeness (QED) is 0.247. The molecule has 5 aromatic rings. The topological polar surface area (TPSA) is 0 Å². The van der Waals surface area contributed by atoms with E-state index >= 15 is 0 Å². The number of aryl methyl sites for hydroxylation is 1. The van der Waals surface area contributed by atoms with Gasteiger partial charge in [0.1, 0.15) is 0 Å². The summed E-state index contributed by atoms with van der Waals surface area (Å²) in [5.41, 5.74) is 11.5. The molecule has 1 atom stereocenters. The smallest absolute Gasteiger partial charge is 0.00209 e. The molecule has 0 heterocycles. The summed E-state index contributed by atoms with van der Waals surface area (Å²) in [5, 5.41) is 5.38. The van der Waals surface area contributed by atoms with Crippen LogP contribution in [-0.4, -0.2) is 0 Å². The van der Waals surface area contributed by atoms with Gasteiger partial charge in [0.05, 0.1) is 0 Å². The highest BCUT2D eigenvalue weighted by Crippen LogP contribution is 2.46. The molecule has 6 rings (SSSR count). The predicted molar refractivity (Wildman–Crippen MR) is 143 cm³/mol. The van der Waals surface area contributed by atoms with Crippen molar-refractivity contribution in [3.8, 4) is 22.3 Å². The fourth-order valence-corrected chi connectivity index (χ4v) is 6.20. The third-order valence-corrected chi connectivity index (χ3v) is 7.70. The average Bonchev–Trinajstić information content (AvgIpc) is 2.84.